The second-order valence-electron chi connectivity index (χ2n) is 4.89. The second-order valence-corrected chi connectivity index (χ2v) is 5.87. The van der Waals surface area contributed by atoms with E-state index < -0.39 is 39.9 Å². The zero-order valence-corrected chi connectivity index (χ0v) is 13.3. The fourth-order valence-electron chi connectivity index (χ4n) is 2.18. The number of thiol groups is 1. The van der Waals surface area contributed by atoms with Gasteiger partial charge in [-0.3, -0.25) is 4.79 Å². The Kier molecular flexibility index (Phi) is 4.97. The first-order valence-corrected chi connectivity index (χ1v) is 8.12. The molecule has 6 nitrogen and oxygen atoms in total. The molecule has 0 aliphatic carbocycles. The van der Waals surface area contributed by atoms with E-state index in [0.29, 0.717) is 12.1 Å². The van der Waals surface area contributed by atoms with E-state index in [9.17, 15) is 31.5 Å². The Morgan fingerprint density at radius 2 is 1.96 bits per heavy atom. The second kappa shape index (κ2) is 6.63. The molecule has 10 heteroatoms. The number of aromatic nitrogens is 2. The predicted octanol–water partition coefficient (Wildman–Crippen LogP) is 1.97. The summed E-state index contributed by atoms with van der Waals surface area (Å²) in [4.78, 5) is 12.5. The Bertz CT molecular complexity index is 848. The van der Waals surface area contributed by atoms with Crippen molar-refractivity contribution in [2.45, 2.75) is 25.4 Å². The first-order valence-electron chi connectivity index (χ1n) is 6.76. The van der Waals surface area contributed by atoms with E-state index in [1.54, 1.807) is 6.92 Å². The summed E-state index contributed by atoms with van der Waals surface area (Å²) in [5.74, 6) is -1.95. The molecule has 0 saturated carbocycles. The lowest BCUT2D eigenvalue weighted by molar-refractivity contribution is -0.137. The van der Waals surface area contributed by atoms with Crippen LogP contribution in [0.4, 0.5) is 13.2 Å². The molecule has 0 atom stereocenters. The number of ketones is 1. The van der Waals surface area contributed by atoms with Gasteiger partial charge in [-0.25, -0.2) is 13.1 Å². The molecule has 1 heterocycles. The van der Waals surface area contributed by atoms with E-state index in [-0.39, 0.29) is 23.2 Å². The van der Waals surface area contributed by atoms with E-state index in [1.807, 2.05) is 0 Å². The lowest BCUT2D eigenvalue weighted by Crippen LogP contribution is -2.11. The minimum absolute atomic E-state index is 0.209. The van der Waals surface area contributed by atoms with Gasteiger partial charge in [0.15, 0.2) is 5.78 Å². The molecule has 0 bridgehead atoms. The molecule has 2 aromatic rings. The average molecular weight is 362 g/mol. The molecule has 130 valence electrons. The molecule has 24 heavy (non-hydrogen) atoms. The van der Waals surface area contributed by atoms with Crippen molar-refractivity contribution in [2.24, 2.45) is 0 Å². The van der Waals surface area contributed by atoms with Crippen molar-refractivity contribution in [3.8, 4) is 5.88 Å². The summed E-state index contributed by atoms with van der Waals surface area (Å²) in [6.07, 6.45) is -3.58. The van der Waals surface area contributed by atoms with Crippen LogP contribution in [-0.2, 0) is 29.2 Å². The molecule has 0 unspecified atom stereocenters. The fraction of sp³-hybridized carbons (Fsp3) is 0.286. The minimum atomic E-state index is -4.67. The lowest BCUT2D eigenvalue weighted by atomic mass is 9.98. The van der Waals surface area contributed by atoms with E-state index in [2.05, 4.69) is 5.10 Å². The largest absolute Gasteiger partial charge is 0.493 e. The van der Waals surface area contributed by atoms with Gasteiger partial charge in [-0.05, 0) is 24.6 Å². The molecular formula is C14H13F3N2O4S. The van der Waals surface area contributed by atoms with Crippen molar-refractivity contribution in [1.29, 1.82) is 0 Å². The molecule has 1 aromatic heterocycles. The fourth-order valence-corrected chi connectivity index (χ4v) is 2.72. The van der Waals surface area contributed by atoms with Crippen LogP contribution in [0.15, 0.2) is 24.4 Å². The Labute approximate surface area is 136 Å². The van der Waals surface area contributed by atoms with Crippen molar-refractivity contribution in [1.82, 2.24) is 9.78 Å². The van der Waals surface area contributed by atoms with Crippen molar-refractivity contribution >= 4 is 16.5 Å². The first kappa shape index (κ1) is 18.0. The van der Waals surface area contributed by atoms with Crippen molar-refractivity contribution in [2.75, 3.05) is 0 Å². The lowest BCUT2D eigenvalue weighted by Gasteiger charge is -2.11. The third-order valence-electron chi connectivity index (χ3n) is 3.33. The highest BCUT2D eigenvalue weighted by Crippen LogP contribution is 2.32. The monoisotopic (exact) mass is 362 g/mol. The number of carbonyl (C=O) groups is 1. The number of carbonyl (C=O) groups excluding carboxylic acids is 1. The summed E-state index contributed by atoms with van der Waals surface area (Å²) in [6, 6.07) is 2.22. The molecule has 0 aliphatic heterocycles. The summed E-state index contributed by atoms with van der Waals surface area (Å²) in [7, 11) is -3.04. The summed E-state index contributed by atoms with van der Waals surface area (Å²) >= 11 is 0. The van der Waals surface area contributed by atoms with Gasteiger partial charge in [-0.15, -0.1) is 0 Å². The molecule has 0 spiro atoms. The highest BCUT2D eigenvalue weighted by molar-refractivity contribution is 7.71. The molecule has 0 amide bonds. The maximum absolute atomic E-state index is 12.8. The Hall–Kier alpha value is -2.36. The maximum Gasteiger partial charge on any atom is 0.416 e. The molecule has 1 aromatic carbocycles. The van der Waals surface area contributed by atoms with Crippen molar-refractivity contribution in [3.05, 3.63) is 46.6 Å². The number of hydrogen-bond acceptors (Lipinski definition) is 5. The zero-order valence-electron chi connectivity index (χ0n) is 12.4. The maximum atomic E-state index is 12.8. The summed E-state index contributed by atoms with van der Waals surface area (Å²) in [5.41, 5.74) is -1.78. The number of aryl methyl sites for hydroxylation is 1. The highest BCUT2D eigenvalue weighted by atomic mass is 32.2. The highest BCUT2D eigenvalue weighted by Gasteiger charge is 2.32. The quantitative estimate of drug-likeness (QED) is 0.627. The van der Waals surface area contributed by atoms with Crippen LogP contribution >= 0.6 is 0 Å². The van der Waals surface area contributed by atoms with Crippen LogP contribution in [0.2, 0.25) is 0 Å². The van der Waals surface area contributed by atoms with E-state index in [0.717, 1.165) is 16.9 Å². The number of hydrogen-bond donors (Lipinski definition) is 2. The third-order valence-corrected chi connectivity index (χ3v) is 3.93. The van der Waals surface area contributed by atoms with Crippen LogP contribution in [0.5, 0.6) is 5.88 Å². The van der Waals surface area contributed by atoms with Crippen LogP contribution in [0.3, 0.4) is 0 Å². The molecule has 2 rings (SSSR count). The molecule has 1 N–H and O–H groups in total. The summed E-state index contributed by atoms with van der Waals surface area (Å²) in [6.45, 7) is 1.96. The zero-order chi connectivity index (χ0) is 18.1. The van der Waals surface area contributed by atoms with Gasteiger partial charge in [0.2, 0.25) is 5.88 Å². The average Bonchev–Trinajstić information content (AvgIpc) is 2.86. The summed E-state index contributed by atoms with van der Waals surface area (Å²) < 4.78 is 61.4. The van der Waals surface area contributed by atoms with Crippen LogP contribution in [0.25, 0.3) is 0 Å². The number of rotatable bonds is 5. The van der Waals surface area contributed by atoms with Gasteiger partial charge in [0.1, 0.15) is 16.3 Å². The molecular weight excluding hydrogens is 349 g/mol. The van der Waals surface area contributed by atoms with Gasteiger partial charge >= 0.3 is 6.18 Å². The minimum Gasteiger partial charge on any atom is -0.493 e. The van der Waals surface area contributed by atoms with Gasteiger partial charge in [-0.1, -0.05) is 6.07 Å². The van der Waals surface area contributed by atoms with Gasteiger partial charge in [0.05, 0.1) is 17.5 Å². The number of halogens is 3. The normalized spacial score (nSPS) is 11.9. The van der Waals surface area contributed by atoms with Gasteiger partial charge in [-0.2, -0.15) is 18.3 Å². The molecule has 0 saturated heterocycles. The molecule has 0 fully saturated rings. The van der Waals surface area contributed by atoms with E-state index in [1.165, 1.54) is 0 Å². The number of aromatic hydroxyl groups is 1. The Morgan fingerprint density at radius 1 is 1.29 bits per heavy atom. The van der Waals surface area contributed by atoms with Crippen LogP contribution < -0.4 is 0 Å². The van der Waals surface area contributed by atoms with Gasteiger partial charge < -0.3 is 5.11 Å². The van der Waals surface area contributed by atoms with E-state index >= 15 is 0 Å². The predicted molar refractivity (Wildman–Crippen MR) is 78.5 cm³/mol. The van der Waals surface area contributed by atoms with Crippen molar-refractivity contribution < 1.29 is 31.5 Å². The van der Waals surface area contributed by atoms with Crippen LogP contribution in [-0.4, -0.2) is 29.1 Å². The first-order chi connectivity index (χ1) is 11.1. The number of alkyl halides is 3. The number of nitrogens with zero attached hydrogens (tertiary/aromatic N) is 2. The van der Waals surface area contributed by atoms with Crippen molar-refractivity contribution in [3.63, 3.8) is 0 Å². The van der Waals surface area contributed by atoms with Gasteiger partial charge in [0.25, 0.3) is 0 Å². The number of benzene rings is 1. The molecule has 0 radical (unpaired) electrons. The van der Waals surface area contributed by atoms with Gasteiger partial charge in [0, 0.05) is 12.1 Å². The summed E-state index contributed by atoms with van der Waals surface area (Å²) in [5, 5.41) is 13.7. The van der Waals surface area contributed by atoms with E-state index in [4.69, 9.17) is 0 Å². The van der Waals surface area contributed by atoms with Crippen LogP contribution in [0, 0.1) is 0 Å². The standard InChI is InChI=1S/C14H13F3N2O4S/c1-2-19-13(21)11(6-18-19)12(20)10-4-3-9(14(15,16)17)5-8(10)7-24(22)23/h3-6,21,24H,2,7H2,1H3. The SMILES string of the molecule is CCn1ncc(C(=O)c2ccc(C(F)(F)F)cc2C[SH](=O)=O)c1O. The third kappa shape index (κ3) is 3.58. The Balaban J connectivity index is 2.55. The Morgan fingerprint density at radius 3 is 2.46 bits per heavy atom. The van der Waals surface area contributed by atoms with Crippen LogP contribution in [0.1, 0.15) is 34.0 Å². The topological polar surface area (TPSA) is 89.3 Å². The smallest absolute Gasteiger partial charge is 0.416 e. The molecule has 0 aliphatic rings.